The van der Waals surface area contributed by atoms with Crippen LogP contribution >= 0.6 is 11.6 Å². The zero-order valence-electron chi connectivity index (χ0n) is 14.5. The van der Waals surface area contributed by atoms with Crippen molar-refractivity contribution in [3.05, 3.63) is 22.7 Å². The van der Waals surface area contributed by atoms with Crippen LogP contribution in [0.2, 0.25) is 5.02 Å². The summed E-state index contributed by atoms with van der Waals surface area (Å²) in [4.78, 5) is 14.4. The first-order chi connectivity index (χ1) is 12.4. The normalized spacial score (nSPS) is 19.7. The molecule has 2 N–H and O–H groups in total. The van der Waals surface area contributed by atoms with Crippen molar-refractivity contribution < 1.29 is 18.3 Å². The lowest BCUT2D eigenvalue weighted by Gasteiger charge is -2.30. The lowest BCUT2D eigenvalue weighted by Crippen LogP contribution is -2.38. The highest BCUT2D eigenvalue weighted by molar-refractivity contribution is 7.90. The number of aliphatic hydroxyl groups is 1. The number of hydrogen-bond acceptors (Lipinski definition) is 5. The predicted molar refractivity (Wildman–Crippen MR) is 101 cm³/mol. The summed E-state index contributed by atoms with van der Waals surface area (Å²) >= 11 is 6.31. The molecule has 3 rings (SSSR count). The molecule has 0 aliphatic carbocycles. The summed E-state index contributed by atoms with van der Waals surface area (Å²) in [6.45, 7) is 2.30. The molecule has 1 amide bonds. The van der Waals surface area contributed by atoms with Gasteiger partial charge >= 0.3 is 0 Å². The number of nitrogens with zero attached hydrogens (tertiary/aromatic N) is 2. The number of fused-ring (bicyclic) bond motifs is 3. The molecule has 0 radical (unpaired) electrons. The number of sulfonamides is 1. The van der Waals surface area contributed by atoms with Gasteiger partial charge in [-0.15, -0.1) is 4.40 Å². The average molecular weight is 400 g/mol. The number of carbonyl (C=O) groups is 1. The van der Waals surface area contributed by atoms with Gasteiger partial charge in [-0.05, 0) is 31.4 Å². The van der Waals surface area contributed by atoms with Crippen LogP contribution in [0.5, 0.6) is 0 Å². The molecule has 2 aliphatic heterocycles. The van der Waals surface area contributed by atoms with E-state index in [1.54, 1.807) is 0 Å². The molecule has 142 valence electrons. The Bertz CT molecular complexity index is 850. The van der Waals surface area contributed by atoms with Gasteiger partial charge in [-0.3, -0.25) is 4.79 Å². The molecular weight excluding hydrogens is 378 g/mol. The Kier molecular flexibility index (Phi) is 5.55. The average Bonchev–Trinajstić information content (AvgIpc) is 2.83. The lowest BCUT2D eigenvalue weighted by atomic mass is 10.1. The molecule has 2 heterocycles. The molecule has 1 atom stereocenters. The van der Waals surface area contributed by atoms with Crippen LogP contribution in [0.3, 0.4) is 0 Å². The molecule has 0 aromatic heterocycles. The summed E-state index contributed by atoms with van der Waals surface area (Å²) < 4.78 is 29.2. The Morgan fingerprint density at radius 3 is 2.85 bits per heavy atom. The second-order valence-electron chi connectivity index (χ2n) is 6.51. The van der Waals surface area contributed by atoms with Gasteiger partial charge in [0.25, 0.3) is 15.9 Å². The number of halogens is 1. The minimum atomic E-state index is -3.88. The highest BCUT2D eigenvalue weighted by Crippen LogP contribution is 2.37. The molecule has 1 aromatic carbocycles. The maximum absolute atomic E-state index is 12.6. The van der Waals surface area contributed by atoms with Gasteiger partial charge in [0.15, 0.2) is 0 Å². The second-order valence-corrected chi connectivity index (χ2v) is 8.49. The Balaban J connectivity index is 2.04. The third-order valence-electron chi connectivity index (χ3n) is 4.73. The van der Waals surface area contributed by atoms with E-state index in [0.717, 1.165) is 19.3 Å². The van der Waals surface area contributed by atoms with Crippen molar-refractivity contribution in [3.8, 4) is 0 Å². The smallest absolute Gasteiger partial charge is 0.286 e. The summed E-state index contributed by atoms with van der Waals surface area (Å²) in [6, 6.07) is 2.40. The maximum Gasteiger partial charge on any atom is 0.286 e. The van der Waals surface area contributed by atoms with Crippen LogP contribution in [0.25, 0.3) is 0 Å². The van der Waals surface area contributed by atoms with E-state index >= 15 is 0 Å². The molecule has 0 saturated carbocycles. The van der Waals surface area contributed by atoms with E-state index in [9.17, 15) is 18.3 Å². The fraction of sp³-hybridized carbons (Fsp3) is 0.529. The second kappa shape index (κ2) is 7.54. The first kappa shape index (κ1) is 19.1. The van der Waals surface area contributed by atoms with Gasteiger partial charge in [0.05, 0.1) is 28.9 Å². The highest BCUT2D eigenvalue weighted by atomic mass is 35.5. The predicted octanol–water partition coefficient (Wildman–Crippen LogP) is 2.32. The number of aliphatic hydroxyl groups excluding tert-OH is 1. The quantitative estimate of drug-likeness (QED) is 0.809. The fourth-order valence-corrected chi connectivity index (χ4v) is 4.72. The van der Waals surface area contributed by atoms with Gasteiger partial charge in [-0.1, -0.05) is 24.9 Å². The number of amides is 1. The van der Waals surface area contributed by atoms with Crippen LogP contribution in [0, 0.1) is 0 Å². The van der Waals surface area contributed by atoms with Crippen molar-refractivity contribution in [2.45, 2.75) is 50.0 Å². The zero-order chi connectivity index (χ0) is 18.9. The Morgan fingerprint density at radius 2 is 2.15 bits per heavy atom. The summed E-state index contributed by atoms with van der Waals surface area (Å²) in [5.41, 5.74) is 0.544. The van der Waals surface area contributed by atoms with Crippen LogP contribution in [-0.2, 0) is 10.0 Å². The number of anilines is 1. The third-order valence-corrected chi connectivity index (χ3v) is 6.38. The van der Waals surface area contributed by atoms with E-state index in [1.165, 1.54) is 12.1 Å². The molecule has 2 aliphatic rings. The van der Waals surface area contributed by atoms with Gasteiger partial charge in [0.2, 0.25) is 0 Å². The van der Waals surface area contributed by atoms with Gasteiger partial charge in [0.1, 0.15) is 10.7 Å². The number of nitrogens with one attached hydrogen (secondary N) is 1. The molecule has 26 heavy (non-hydrogen) atoms. The molecule has 1 saturated heterocycles. The summed E-state index contributed by atoms with van der Waals surface area (Å²) in [5.74, 6) is 0.0224. The first-order valence-electron chi connectivity index (χ1n) is 8.74. The minimum Gasteiger partial charge on any atom is -0.394 e. The molecular formula is C17H22ClN3O4S. The van der Waals surface area contributed by atoms with Crippen molar-refractivity contribution >= 4 is 39.1 Å². The van der Waals surface area contributed by atoms with Crippen molar-refractivity contribution in [1.29, 1.82) is 0 Å². The molecule has 1 aromatic rings. The van der Waals surface area contributed by atoms with Crippen LogP contribution in [0.4, 0.5) is 5.69 Å². The van der Waals surface area contributed by atoms with Crippen LogP contribution in [0.1, 0.15) is 49.4 Å². The van der Waals surface area contributed by atoms with Crippen molar-refractivity contribution in [3.63, 3.8) is 0 Å². The first-order valence-corrected chi connectivity index (χ1v) is 10.6. The van der Waals surface area contributed by atoms with E-state index in [4.69, 9.17) is 11.6 Å². The van der Waals surface area contributed by atoms with Gasteiger partial charge in [0, 0.05) is 13.0 Å². The molecule has 0 bridgehead atoms. The lowest BCUT2D eigenvalue weighted by molar-refractivity contribution is 0.0915. The van der Waals surface area contributed by atoms with Crippen molar-refractivity contribution in [2.75, 3.05) is 18.1 Å². The molecule has 0 spiro atoms. The Hall–Kier alpha value is -1.64. The van der Waals surface area contributed by atoms with E-state index in [0.29, 0.717) is 30.9 Å². The molecule has 9 heteroatoms. The number of amidine groups is 1. The molecule has 1 fully saturated rings. The summed E-state index contributed by atoms with van der Waals surface area (Å²) in [7, 11) is -3.88. The van der Waals surface area contributed by atoms with E-state index in [-0.39, 0.29) is 22.1 Å². The highest BCUT2D eigenvalue weighted by Gasteiger charge is 2.33. The third kappa shape index (κ3) is 3.58. The topological polar surface area (TPSA) is 99.1 Å². The van der Waals surface area contributed by atoms with E-state index in [1.807, 2.05) is 11.8 Å². The van der Waals surface area contributed by atoms with E-state index in [2.05, 4.69) is 9.71 Å². The Labute approximate surface area is 158 Å². The van der Waals surface area contributed by atoms with E-state index < -0.39 is 22.0 Å². The van der Waals surface area contributed by atoms with Crippen LogP contribution in [-0.4, -0.2) is 44.5 Å². The Morgan fingerprint density at radius 1 is 1.38 bits per heavy atom. The number of rotatable bonds is 4. The van der Waals surface area contributed by atoms with Gasteiger partial charge in [-0.25, -0.2) is 0 Å². The van der Waals surface area contributed by atoms with Crippen LogP contribution in [0.15, 0.2) is 21.4 Å². The van der Waals surface area contributed by atoms with Crippen molar-refractivity contribution in [2.24, 2.45) is 4.40 Å². The van der Waals surface area contributed by atoms with Gasteiger partial charge in [-0.2, -0.15) is 8.42 Å². The molecule has 1 unspecified atom stereocenters. The molecule has 7 nitrogen and oxygen atoms in total. The zero-order valence-corrected chi connectivity index (χ0v) is 16.1. The fourth-order valence-electron chi connectivity index (χ4n) is 3.21. The standard InChI is InChI=1S/C17H22ClN3O4S/c1-2-11(10-22)19-17(23)12-8-15-14(9-13(12)18)21-7-5-3-4-6-16(21)20-26(15,24)25/h8-9,11,22H,2-7,10H2,1H3,(H,19,23). The number of hydrogen-bond donors (Lipinski definition) is 2. The maximum atomic E-state index is 12.6. The number of benzene rings is 1. The largest absolute Gasteiger partial charge is 0.394 e. The van der Waals surface area contributed by atoms with Gasteiger partial charge < -0.3 is 15.3 Å². The van der Waals surface area contributed by atoms with Crippen LogP contribution < -0.4 is 10.2 Å². The summed E-state index contributed by atoms with van der Waals surface area (Å²) in [6.07, 6.45) is 4.00. The number of carbonyl (C=O) groups excluding carboxylic acids is 1. The van der Waals surface area contributed by atoms with Crippen molar-refractivity contribution in [1.82, 2.24) is 5.32 Å². The summed E-state index contributed by atoms with van der Waals surface area (Å²) in [5, 5.41) is 12.1. The minimum absolute atomic E-state index is 0.00486. The monoisotopic (exact) mass is 399 g/mol. The SMILES string of the molecule is CCC(CO)NC(=O)c1cc2c(cc1Cl)N1CCCCCC1=NS2(=O)=O.